The van der Waals surface area contributed by atoms with Crippen LogP contribution < -0.4 is 10.4 Å². The Hall–Kier alpha value is -3.04. The summed E-state index contributed by atoms with van der Waals surface area (Å²) in [6, 6.07) is 17.3. The maximum Gasteiger partial charge on any atom is 0.0623 e. The highest BCUT2D eigenvalue weighted by Crippen LogP contribution is 2.22. The molecule has 1 heterocycles. The first kappa shape index (κ1) is 25.6. The Balaban J connectivity index is 1.41. The number of rotatable bonds is 14. The third kappa shape index (κ3) is 8.39. The zero-order valence-corrected chi connectivity index (χ0v) is 20.9. The highest BCUT2D eigenvalue weighted by molar-refractivity contribution is 5.76. The van der Waals surface area contributed by atoms with Gasteiger partial charge in [-0.2, -0.15) is 0 Å². The van der Waals surface area contributed by atoms with Crippen molar-refractivity contribution < 1.29 is 4.74 Å². The molecule has 0 bridgehead atoms. The number of hydrogen-bond acceptors (Lipinski definition) is 3. The summed E-state index contributed by atoms with van der Waals surface area (Å²) in [4.78, 5) is 0. The van der Waals surface area contributed by atoms with Crippen molar-refractivity contribution in [1.82, 2.24) is 5.43 Å². The molecule has 0 fully saturated rings. The number of hydrazine groups is 1. The maximum atomic E-state index is 5.88. The van der Waals surface area contributed by atoms with Gasteiger partial charge in [0, 0.05) is 24.6 Å². The summed E-state index contributed by atoms with van der Waals surface area (Å²) in [6.07, 6.45) is 21.0. The van der Waals surface area contributed by atoms with Crippen LogP contribution in [0.15, 0.2) is 85.7 Å². The molecule has 1 N–H and O–H groups in total. The zero-order valence-electron chi connectivity index (χ0n) is 20.9. The van der Waals surface area contributed by atoms with Gasteiger partial charge in [-0.25, -0.2) is 0 Å². The van der Waals surface area contributed by atoms with Crippen LogP contribution in [0.3, 0.4) is 0 Å². The van der Waals surface area contributed by atoms with E-state index in [1.54, 1.807) is 0 Å². The van der Waals surface area contributed by atoms with Crippen molar-refractivity contribution in [2.75, 3.05) is 11.6 Å². The van der Waals surface area contributed by atoms with Crippen molar-refractivity contribution in [3.8, 4) is 0 Å². The summed E-state index contributed by atoms with van der Waals surface area (Å²) in [5.41, 5.74) is 9.36. The molecular weight excluding hydrogens is 416 g/mol. The monoisotopic (exact) mass is 456 g/mol. The van der Waals surface area contributed by atoms with Crippen LogP contribution in [-0.4, -0.2) is 12.7 Å². The van der Waals surface area contributed by atoms with Crippen LogP contribution >= 0.6 is 0 Å². The highest BCUT2D eigenvalue weighted by Gasteiger charge is 2.08. The Bertz CT molecular complexity index is 954. The fourth-order valence-corrected chi connectivity index (χ4v) is 3.93. The quantitative estimate of drug-likeness (QED) is 0.230. The number of unbranched alkanes of at least 4 members (excludes halogenated alkanes) is 3. The van der Waals surface area contributed by atoms with E-state index in [1.807, 2.05) is 17.3 Å². The fourth-order valence-electron chi connectivity index (χ4n) is 3.93. The van der Waals surface area contributed by atoms with Gasteiger partial charge in [0.05, 0.1) is 11.8 Å². The summed E-state index contributed by atoms with van der Waals surface area (Å²) in [7, 11) is 0. The highest BCUT2D eigenvalue weighted by atomic mass is 16.5. The molecule has 2 aromatic carbocycles. The minimum atomic E-state index is 0.362. The first-order chi connectivity index (χ1) is 16.7. The molecule has 3 heteroatoms. The van der Waals surface area contributed by atoms with Gasteiger partial charge in [-0.15, -0.1) is 6.58 Å². The van der Waals surface area contributed by atoms with E-state index in [1.165, 1.54) is 41.5 Å². The van der Waals surface area contributed by atoms with Crippen molar-refractivity contribution >= 4 is 17.3 Å². The van der Waals surface area contributed by atoms with E-state index in [0.29, 0.717) is 6.10 Å². The van der Waals surface area contributed by atoms with E-state index in [0.717, 1.165) is 38.0 Å². The molecule has 2 aromatic rings. The topological polar surface area (TPSA) is 24.5 Å². The second kappa shape index (κ2) is 14.3. The first-order valence-corrected chi connectivity index (χ1v) is 12.7. The minimum absolute atomic E-state index is 0.362. The molecule has 180 valence electrons. The Kier molecular flexibility index (Phi) is 10.7. The molecule has 0 saturated heterocycles. The third-order valence-electron chi connectivity index (χ3n) is 6.04. The van der Waals surface area contributed by atoms with Crippen LogP contribution in [0, 0.1) is 0 Å². The first-order valence-electron chi connectivity index (χ1n) is 12.7. The molecule has 0 saturated carbocycles. The Morgan fingerprint density at radius 2 is 1.82 bits per heavy atom. The number of allylic oxidation sites excluding steroid dienone is 4. The van der Waals surface area contributed by atoms with E-state index in [9.17, 15) is 0 Å². The van der Waals surface area contributed by atoms with Crippen molar-refractivity contribution in [2.45, 2.75) is 64.9 Å². The molecule has 1 aliphatic heterocycles. The van der Waals surface area contributed by atoms with E-state index < -0.39 is 0 Å². The SMILES string of the molecule is C=CCc1ccc(C2=CNN(c3ccc(/C=C/CCCC(C)OCCCCC)cc3)C=C2)cc1. The molecule has 0 radical (unpaired) electrons. The van der Waals surface area contributed by atoms with Crippen molar-refractivity contribution in [1.29, 1.82) is 0 Å². The number of hydrogen-bond donors (Lipinski definition) is 1. The molecule has 0 amide bonds. The third-order valence-corrected chi connectivity index (χ3v) is 6.04. The summed E-state index contributed by atoms with van der Waals surface area (Å²) in [5.74, 6) is 0. The smallest absolute Gasteiger partial charge is 0.0623 e. The Morgan fingerprint density at radius 1 is 1.03 bits per heavy atom. The average Bonchev–Trinajstić information content (AvgIpc) is 2.88. The summed E-state index contributed by atoms with van der Waals surface area (Å²) in [5, 5.41) is 2.03. The minimum Gasteiger partial charge on any atom is -0.379 e. The maximum absolute atomic E-state index is 5.88. The van der Waals surface area contributed by atoms with E-state index in [4.69, 9.17) is 4.74 Å². The van der Waals surface area contributed by atoms with Gasteiger partial charge in [-0.05, 0) is 73.9 Å². The number of benzene rings is 2. The van der Waals surface area contributed by atoms with Gasteiger partial charge in [0.15, 0.2) is 0 Å². The second-order valence-corrected chi connectivity index (χ2v) is 8.92. The predicted molar refractivity (Wildman–Crippen MR) is 147 cm³/mol. The van der Waals surface area contributed by atoms with Gasteiger partial charge in [0.25, 0.3) is 0 Å². The van der Waals surface area contributed by atoms with Crippen molar-refractivity contribution in [3.63, 3.8) is 0 Å². The van der Waals surface area contributed by atoms with E-state index in [2.05, 4.69) is 98.8 Å². The lowest BCUT2D eigenvalue weighted by molar-refractivity contribution is 0.0566. The second-order valence-electron chi connectivity index (χ2n) is 8.92. The molecule has 1 unspecified atom stereocenters. The molecule has 3 nitrogen and oxygen atoms in total. The van der Waals surface area contributed by atoms with Crippen LogP contribution in [0.4, 0.5) is 5.69 Å². The molecular formula is C31H40N2O. The summed E-state index contributed by atoms with van der Waals surface area (Å²) < 4.78 is 5.88. The van der Waals surface area contributed by atoms with Gasteiger partial charge < -0.3 is 10.2 Å². The molecule has 1 aliphatic rings. The van der Waals surface area contributed by atoms with Gasteiger partial charge in [-0.3, -0.25) is 5.01 Å². The lowest BCUT2D eigenvalue weighted by atomic mass is 10.0. The fraction of sp³-hybridized carbons (Fsp3) is 0.355. The van der Waals surface area contributed by atoms with Gasteiger partial charge in [-0.1, -0.05) is 74.4 Å². The lowest BCUT2D eigenvalue weighted by Crippen LogP contribution is -2.30. The average molecular weight is 457 g/mol. The van der Waals surface area contributed by atoms with Crippen molar-refractivity contribution in [2.24, 2.45) is 0 Å². The number of anilines is 1. The van der Waals surface area contributed by atoms with Gasteiger partial charge >= 0.3 is 0 Å². The Labute approximate surface area is 206 Å². The van der Waals surface area contributed by atoms with Gasteiger partial charge in [0.2, 0.25) is 0 Å². The van der Waals surface area contributed by atoms with Crippen LogP contribution in [-0.2, 0) is 11.2 Å². The number of ether oxygens (including phenoxy) is 1. The Morgan fingerprint density at radius 3 is 2.50 bits per heavy atom. The van der Waals surface area contributed by atoms with Crippen LogP contribution in [0.5, 0.6) is 0 Å². The normalized spacial score (nSPS) is 14.2. The predicted octanol–water partition coefficient (Wildman–Crippen LogP) is 8.07. The summed E-state index contributed by atoms with van der Waals surface area (Å²) >= 11 is 0. The molecule has 34 heavy (non-hydrogen) atoms. The number of nitrogens with zero attached hydrogens (tertiary/aromatic N) is 1. The molecule has 0 spiro atoms. The zero-order chi connectivity index (χ0) is 24.0. The van der Waals surface area contributed by atoms with Crippen LogP contribution in [0.2, 0.25) is 0 Å². The van der Waals surface area contributed by atoms with Crippen molar-refractivity contribution in [3.05, 3.63) is 102 Å². The van der Waals surface area contributed by atoms with Crippen LogP contribution in [0.25, 0.3) is 11.6 Å². The molecule has 1 atom stereocenters. The summed E-state index contributed by atoms with van der Waals surface area (Å²) in [6.45, 7) is 9.12. The molecule has 0 aliphatic carbocycles. The largest absolute Gasteiger partial charge is 0.379 e. The van der Waals surface area contributed by atoms with E-state index >= 15 is 0 Å². The molecule has 3 rings (SSSR count). The lowest BCUT2D eigenvalue weighted by Gasteiger charge is -2.24. The van der Waals surface area contributed by atoms with E-state index in [-0.39, 0.29) is 0 Å². The number of nitrogens with one attached hydrogen (secondary N) is 1. The standard InChI is InChI=1S/C31H40N2O/c1-4-6-10-24-34-26(3)12-8-7-9-13-28-16-20-31(21-17-28)33-23-22-30(25-32-33)29-18-14-27(11-5-2)15-19-29/h5,9,13-23,25-26,32H,2,4,6-8,10-12,24H2,1,3H3/b13-9+. The van der Waals surface area contributed by atoms with Crippen LogP contribution in [0.1, 0.15) is 69.1 Å². The van der Waals surface area contributed by atoms with Gasteiger partial charge in [0.1, 0.15) is 0 Å². The molecule has 0 aromatic heterocycles.